The van der Waals surface area contributed by atoms with E-state index in [-0.39, 0.29) is 5.82 Å². The van der Waals surface area contributed by atoms with Gasteiger partial charge in [0, 0.05) is 12.1 Å². The number of halogens is 1. The van der Waals surface area contributed by atoms with Crippen LogP contribution in [0.15, 0.2) is 6.20 Å². The highest BCUT2D eigenvalue weighted by Gasteiger charge is 2.21. The minimum Gasteiger partial charge on any atom is -0.365 e. The van der Waals surface area contributed by atoms with Crippen LogP contribution in [0.1, 0.15) is 38.5 Å². The molecule has 0 atom stereocenters. The van der Waals surface area contributed by atoms with Crippen LogP contribution in [0.4, 0.5) is 16.2 Å². The highest BCUT2D eigenvalue weighted by Crippen LogP contribution is 2.25. The van der Waals surface area contributed by atoms with E-state index in [1.807, 2.05) is 0 Å². The number of aromatic nitrogens is 2. The molecule has 0 saturated heterocycles. The van der Waals surface area contributed by atoms with Gasteiger partial charge in [-0.1, -0.05) is 0 Å². The molecule has 4 nitrogen and oxygen atoms in total. The van der Waals surface area contributed by atoms with Gasteiger partial charge in [0.15, 0.2) is 11.6 Å². The van der Waals surface area contributed by atoms with Crippen LogP contribution in [-0.4, -0.2) is 22.1 Å². The summed E-state index contributed by atoms with van der Waals surface area (Å²) in [6.45, 7) is 0. The van der Waals surface area contributed by atoms with Gasteiger partial charge in [0.25, 0.3) is 0 Å². The summed E-state index contributed by atoms with van der Waals surface area (Å²) >= 11 is 0. The van der Waals surface area contributed by atoms with Gasteiger partial charge in [-0.2, -0.15) is 4.98 Å². The number of hydrogen-bond acceptors (Lipinski definition) is 4. The fourth-order valence-electron chi connectivity index (χ4n) is 2.02. The van der Waals surface area contributed by atoms with Crippen molar-refractivity contribution in [3.8, 4) is 0 Å². The van der Waals surface area contributed by atoms with E-state index in [4.69, 9.17) is 0 Å². The predicted octanol–water partition coefficient (Wildman–Crippen LogP) is 2.54. The standard InChI is InChI=1S/C12H17FN4/c13-10-7-14-12(16-9-5-2-6-9)17-11(10)15-8-3-1-4-8/h7-9H,1-6H2,(H2,14,15,16,17). The largest absolute Gasteiger partial charge is 0.365 e. The highest BCUT2D eigenvalue weighted by atomic mass is 19.1. The Kier molecular flexibility index (Phi) is 2.82. The lowest BCUT2D eigenvalue weighted by molar-refractivity contribution is 0.438. The minimum atomic E-state index is -0.365. The van der Waals surface area contributed by atoms with Gasteiger partial charge in [0.1, 0.15) is 0 Å². The Morgan fingerprint density at radius 2 is 1.71 bits per heavy atom. The minimum absolute atomic E-state index is 0.339. The third-order valence-corrected chi connectivity index (χ3v) is 3.63. The van der Waals surface area contributed by atoms with Gasteiger partial charge in [-0.15, -0.1) is 0 Å². The Labute approximate surface area is 100 Å². The van der Waals surface area contributed by atoms with Gasteiger partial charge in [-0.05, 0) is 38.5 Å². The van der Waals surface area contributed by atoms with Crippen LogP contribution in [-0.2, 0) is 0 Å². The Balaban J connectivity index is 1.69. The van der Waals surface area contributed by atoms with Crippen molar-refractivity contribution in [2.45, 2.75) is 50.6 Å². The van der Waals surface area contributed by atoms with Crippen molar-refractivity contribution < 1.29 is 4.39 Å². The lowest BCUT2D eigenvalue weighted by Crippen LogP contribution is -2.30. The van der Waals surface area contributed by atoms with Crippen molar-refractivity contribution in [3.05, 3.63) is 12.0 Å². The fourth-order valence-corrected chi connectivity index (χ4v) is 2.02. The summed E-state index contributed by atoms with van der Waals surface area (Å²) in [7, 11) is 0. The third-order valence-electron chi connectivity index (χ3n) is 3.63. The molecule has 2 aliphatic rings. The zero-order valence-electron chi connectivity index (χ0n) is 9.75. The van der Waals surface area contributed by atoms with E-state index >= 15 is 0 Å². The first-order chi connectivity index (χ1) is 8.31. The van der Waals surface area contributed by atoms with Crippen molar-refractivity contribution >= 4 is 11.8 Å². The molecule has 2 saturated carbocycles. The van der Waals surface area contributed by atoms with Gasteiger partial charge in [0.2, 0.25) is 5.95 Å². The van der Waals surface area contributed by atoms with Crippen molar-refractivity contribution in [2.75, 3.05) is 10.6 Å². The van der Waals surface area contributed by atoms with Gasteiger partial charge < -0.3 is 10.6 Å². The summed E-state index contributed by atoms with van der Waals surface area (Å²) in [6.07, 6.45) is 8.25. The summed E-state index contributed by atoms with van der Waals surface area (Å²) in [4.78, 5) is 8.18. The van der Waals surface area contributed by atoms with Gasteiger partial charge in [-0.25, -0.2) is 9.37 Å². The maximum absolute atomic E-state index is 13.5. The molecule has 2 fully saturated rings. The average Bonchev–Trinajstić information content (AvgIpc) is 2.21. The number of nitrogens with one attached hydrogen (secondary N) is 2. The molecule has 5 heteroatoms. The monoisotopic (exact) mass is 236 g/mol. The van der Waals surface area contributed by atoms with E-state index in [2.05, 4.69) is 20.6 Å². The number of rotatable bonds is 4. The van der Waals surface area contributed by atoms with Crippen LogP contribution in [0.5, 0.6) is 0 Å². The molecule has 0 radical (unpaired) electrons. The Morgan fingerprint density at radius 1 is 1.06 bits per heavy atom. The molecule has 0 spiro atoms. The van der Waals surface area contributed by atoms with E-state index in [0.717, 1.165) is 25.7 Å². The average molecular weight is 236 g/mol. The first-order valence-corrected chi connectivity index (χ1v) is 6.37. The molecule has 0 unspecified atom stereocenters. The Hall–Kier alpha value is -1.39. The highest BCUT2D eigenvalue weighted by molar-refractivity contribution is 5.42. The SMILES string of the molecule is Fc1cnc(NC2CCC2)nc1NC1CCC1. The molecular formula is C12H17FN4. The molecule has 1 aromatic rings. The summed E-state index contributed by atoms with van der Waals surface area (Å²) in [5.41, 5.74) is 0. The first-order valence-electron chi connectivity index (χ1n) is 6.37. The summed E-state index contributed by atoms with van der Waals surface area (Å²) in [5.74, 6) is 0.514. The molecule has 1 aromatic heterocycles. The molecule has 0 aliphatic heterocycles. The maximum Gasteiger partial charge on any atom is 0.225 e. The molecule has 0 aromatic carbocycles. The number of nitrogens with zero attached hydrogens (tertiary/aromatic N) is 2. The van der Waals surface area contributed by atoms with Crippen molar-refractivity contribution in [2.24, 2.45) is 0 Å². The maximum atomic E-state index is 13.5. The zero-order valence-corrected chi connectivity index (χ0v) is 9.75. The van der Waals surface area contributed by atoms with Crippen LogP contribution >= 0.6 is 0 Å². The fraction of sp³-hybridized carbons (Fsp3) is 0.667. The summed E-state index contributed by atoms with van der Waals surface area (Å²) < 4.78 is 13.5. The van der Waals surface area contributed by atoms with Gasteiger partial charge in [0.05, 0.1) is 6.20 Å². The van der Waals surface area contributed by atoms with Crippen LogP contribution < -0.4 is 10.6 Å². The Bertz CT molecular complexity index is 401. The van der Waals surface area contributed by atoms with E-state index in [9.17, 15) is 4.39 Å². The third kappa shape index (κ3) is 2.33. The quantitative estimate of drug-likeness (QED) is 0.843. The molecule has 2 aliphatic carbocycles. The van der Waals surface area contributed by atoms with Crippen LogP contribution in [0.3, 0.4) is 0 Å². The molecule has 0 bridgehead atoms. The number of hydrogen-bond donors (Lipinski definition) is 2. The van der Waals surface area contributed by atoms with Crippen molar-refractivity contribution in [3.63, 3.8) is 0 Å². The second-order valence-corrected chi connectivity index (χ2v) is 4.93. The second-order valence-electron chi connectivity index (χ2n) is 4.93. The second kappa shape index (κ2) is 4.47. The molecule has 0 amide bonds. The van der Waals surface area contributed by atoms with E-state index in [1.54, 1.807) is 0 Å². The molecule has 92 valence electrons. The Morgan fingerprint density at radius 3 is 2.29 bits per heavy atom. The van der Waals surface area contributed by atoms with E-state index in [1.165, 1.54) is 19.0 Å². The number of anilines is 2. The van der Waals surface area contributed by atoms with E-state index < -0.39 is 0 Å². The topological polar surface area (TPSA) is 49.8 Å². The normalized spacial score (nSPS) is 20.5. The molecular weight excluding hydrogens is 219 g/mol. The van der Waals surface area contributed by atoms with Crippen LogP contribution in [0.2, 0.25) is 0 Å². The van der Waals surface area contributed by atoms with Crippen molar-refractivity contribution in [1.82, 2.24) is 9.97 Å². The lowest BCUT2D eigenvalue weighted by Gasteiger charge is -2.28. The first kappa shape index (κ1) is 10.7. The molecule has 1 heterocycles. The molecule has 2 N–H and O–H groups in total. The lowest BCUT2D eigenvalue weighted by atomic mass is 9.93. The summed E-state index contributed by atoms with van der Waals surface area (Å²) in [5, 5.41) is 6.36. The summed E-state index contributed by atoms with van der Waals surface area (Å²) in [6, 6.07) is 0.855. The zero-order chi connectivity index (χ0) is 11.7. The predicted molar refractivity (Wildman–Crippen MR) is 64.5 cm³/mol. The van der Waals surface area contributed by atoms with E-state index in [0.29, 0.717) is 23.8 Å². The van der Waals surface area contributed by atoms with Crippen LogP contribution in [0, 0.1) is 5.82 Å². The van der Waals surface area contributed by atoms with Crippen LogP contribution in [0.25, 0.3) is 0 Å². The van der Waals surface area contributed by atoms with Gasteiger partial charge >= 0.3 is 0 Å². The smallest absolute Gasteiger partial charge is 0.225 e. The molecule has 3 rings (SSSR count). The van der Waals surface area contributed by atoms with Gasteiger partial charge in [-0.3, -0.25) is 0 Å². The molecule has 17 heavy (non-hydrogen) atoms. The van der Waals surface area contributed by atoms with Crippen molar-refractivity contribution in [1.29, 1.82) is 0 Å².